The van der Waals surface area contributed by atoms with Gasteiger partial charge in [0, 0.05) is 38.3 Å². The Balaban J connectivity index is 2.32. The van der Waals surface area contributed by atoms with Crippen LogP contribution in [-0.2, 0) is 9.47 Å². The van der Waals surface area contributed by atoms with Crippen molar-refractivity contribution < 1.29 is 9.47 Å². The molecule has 1 heterocycles. The van der Waals surface area contributed by atoms with Crippen LogP contribution in [0.4, 0.5) is 0 Å². The van der Waals surface area contributed by atoms with Crippen LogP contribution >= 0.6 is 0 Å². The lowest BCUT2D eigenvalue weighted by molar-refractivity contribution is -0.0399. The second kappa shape index (κ2) is 8.90. The van der Waals surface area contributed by atoms with Gasteiger partial charge in [-0.15, -0.1) is 0 Å². The number of rotatable bonds is 8. The molecule has 114 valence electrons. The monoisotopic (exact) mass is 272 g/mol. The maximum atomic E-state index is 5.85. The molecule has 0 bridgehead atoms. The largest absolute Gasteiger partial charge is 0.380 e. The van der Waals surface area contributed by atoms with Crippen LogP contribution in [0, 0.1) is 5.92 Å². The summed E-state index contributed by atoms with van der Waals surface area (Å²) >= 11 is 0. The zero-order chi connectivity index (χ0) is 14.3. The molecule has 0 aliphatic carbocycles. The SMILES string of the molecule is CCOCC(NCC1CN(C(C)C)CCO1)C(C)C. The maximum Gasteiger partial charge on any atom is 0.0826 e. The highest BCUT2D eigenvalue weighted by Gasteiger charge is 2.23. The molecule has 1 saturated heterocycles. The molecule has 0 aromatic carbocycles. The molecule has 0 spiro atoms. The van der Waals surface area contributed by atoms with E-state index >= 15 is 0 Å². The first-order valence-electron chi connectivity index (χ1n) is 7.71. The van der Waals surface area contributed by atoms with Crippen molar-refractivity contribution in [2.45, 2.75) is 52.8 Å². The smallest absolute Gasteiger partial charge is 0.0826 e. The summed E-state index contributed by atoms with van der Waals surface area (Å²) in [6, 6.07) is 1.02. The van der Waals surface area contributed by atoms with Gasteiger partial charge in [-0.2, -0.15) is 0 Å². The lowest BCUT2D eigenvalue weighted by Gasteiger charge is -2.36. The predicted molar refractivity (Wildman–Crippen MR) is 79.6 cm³/mol. The highest BCUT2D eigenvalue weighted by Crippen LogP contribution is 2.09. The van der Waals surface area contributed by atoms with Crippen molar-refractivity contribution in [2.75, 3.05) is 39.5 Å². The topological polar surface area (TPSA) is 33.7 Å². The Hall–Kier alpha value is -0.160. The minimum Gasteiger partial charge on any atom is -0.380 e. The molecule has 4 heteroatoms. The fraction of sp³-hybridized carbons (Fsp3) is 1.00. The summed E-state index contributed by atoms with van der Waals surface area (Å²) in [5.74, 6) is 0.580. The van der Waals surface area contributed by atoms with E-state index in [1.165, 1.54) is 0 Å². The highest BCUT2D eigenvalue weighted by molar-refractivity contribution is 4.78. The van der Waals surface area contributed by atoms with Crippen LogP contribution in [-0.4, -0.2) is 62.5 Å². The summed E-state index contributed by atoms with van der Waals surface area (Å²) in [6.07, 6.45) is 0.305. The quantitative estimate of drug-likeness (QED) is 0.730. The van der Waals surface area contributed by atoms with Crippen molar-refractivity contribution in [3.05, 3.63) is 0 Å². The van der Waals surface area contributed by atoms with E-state index in [1.807, 2.05) is 6.92 Å². The zero-order valence-electron chi connectivity index (χ0n) is 13.3. The molecular formula is C15H32N2O2. The summed E-state index contributed by atoms with van der Waals surface area (Å²) in [4.78, 5) is 2.49. The highest BCUT2D eigenvalue weighted by atomic mass is 16.5. The van der Waals surface area contributed by atoms with Gasteiger partial charge in [0.05, 0.1) is 19.3 Å². The van der Waals surface area contributed by atoms with Gasteiger partial charge in [0.1, 0.15) is 0 Å². The van der Waals surface area contributed by atoms with Gasteiger partial charge in [0.25, 0.3) is 0 Å². The van der Waals surface area contributed by atoms with Crippen molar-refractivity contribution in [1.29, 1.82) is 0 Å². The molecule has 1 rings (SSSR count). The average molecular weight is 272 g/mol. The molecule has 1 aliphatic rings. The molecule has 0 amide bonds. The van der Waals surface area contributed by atoms with E-state index in [4.69, 9.17) is 9.47 Å². The zero-order valence-corrected chi connectivity index (χ0v) is 13.3. The molecule has 2 unspecified atom stereocenters. The molecule has 0 saturated carbocycles. The Kier molecular flexibility index (Phi) is 7.91. The van der Waals surface area contributed by atoms with E-state index in [9.17, 15) is 0 Å². The molecule has 0 radical (unpaired) electrons. The van der Waals surface area contributed by atoms with Crippen LogP contribution in [0.1, 0.15) is 34.6 Å². The standard InChI is InChI=1S/C15H32N2O2/c1-6-18-11-15(12(2)3)16-9-14-10-17(13(4)5)7-8-19-14/h12-16H,6-11H2,1-5H3. The van der Waals surface area contributed by atoms with E-state index in [0.29, 0.717) is 24.1 Å². The molecule has 4 nitrogen and oxygen atoms in total. The fourth-order valence-electron chi connectivity index (χ4n) is 2.35. The van der Waals surface area contributed by atoms with Gasteiger partial charge < -0.3 is 14.8 Å². The number of ether oxygens (including phenoxy) is 2. The molecule has 19 heavy (non-hydrogen) atoms. The van der Waals surface area contributed by atoms with Crippen LogP contribution < -0.4 is 5.32 Å². The van der Waals surface area contributed by atoms with Crippen LogP contribution in [0.25, 0.3) is 0 Å². The second-order valence-corrected chi connectivity index (χ2v) is 6.00. The molecule has 2 atom stereocenters. The van der Waals surface area contributed by atoms with Crippen molar-refractivity contribution in [3.8, 4) is 0 Å². The molecule has 1 fully saturated rings. The van der Waals surface area contributed by atoms with Crippen LogP contribution in [0.2, 0.25) is 0 Å². The third kappa shape index (κ3) is 6.21. The van der Waals surface area contributed by atoms with Crippen LogP contribution in [0.5, 0.6) is 0 Å². The lowest BCUT2D eigenvalue weighted by Crippen LogP contribution is -2.51. The van der Waals surface area contributed by atoms with E-state index in [1.54, 1.807) is 0 Å². The maximum absolute atomic E-state index is 5.85. The number of morpholine rings is 1. The summed E-state index contributed by atoms with van der Waals surface area (Å²) < 4.78 is 11.4. The van der Waals surface area contributed by atoms with Gasteiger partial charge in [-0.1, -0.05) is 13.8 Å². The molecule has 0 aromatic rings. The van der Waals surface area contributed by atoms with Gasteiger partial charge in [-0.05, 0) is 26.7 Å². The van der Waals surface area contributed by atoms with Crippen molar-refractivity contribution in [1.82, 2.24) is 10.2 Å². The Bertz CT molecular complexity index is 234. The van der Waals surface area contributed by atoms with Gasteiger partial charge in [-0.3, -0.25) is 4.90 Å². The summed E-state index contributed by atoms with van der Waals surface area (Å²) in [5.41, 5.74) is 0. The van der Waals surface area contributed by atoms with Gasteiger partial charge in [0.2, 0.25) is 0 Å². The Morgan fingerprint density at radius 1 is 1.32 bits per heavy atom. The first kappa shape index (κ1) is 16.9. The van der Waals surface area contributed by atoms with Gasteiger partial charge in [0.15, 0.2) is 0 Å². The first-order chi connectivity index (χ1) is 9.04. The summed E-state index contributed by atoms with van der Waals surface area (Å²) in [5, 5.41) is 3.61. The van der Waals surface area contributed by atoms with Gasteiger partial charge in [-0.25, -0.2) is 0 Å². The van der Waals surface area contributed by atoms with Gasteiger partial charge >= 0.3 is 0 Å². The average Bonchev–Trinajstić information content (AvgIpc) is 2.38. The predicted octanol–water partition coefficient (Wildman–Crippen LogP) is 1.75. The van der Waals surface area contributed by atoms with Crippen LogP contribution in [0.15, 0.2) is 0 Å². The van der Waals surface area contributed by atoms with Crippen molar-refractivity contribution in [3.63, 3.8) is 0 Å². The number of hydrogen-bond acceptors (Lipinski definition) is 4. The molecule has 0 aromatic heterocycles. The number of nitrogens with zero attached hydrogens (tertiary/aromatic N) is 1. The summed E-state index contributed by atoms with van der Waals surface area (Å²) in [6.45, 7) is 16.4. The lowest BCUT2D eigenvalue weighted by atomic mass is 10.1. The van der Waals surface area contributed by atoms with Crippen molar-refractivity contribution >= 4 is 0 Å². The third-order valence-corrected chi connectivity index (χ3v) is 3.81. The normalized spacial score (nSPS) is 23.2. The second-order valence-electron chi connectivity index (χ2n) is 6.00. The Labute approximate surface area is 118 Å². The van der Waals surface area contributed by atoms with Crippen molar-refractivity contribution in [2.24, 2.45) is 5.92 Å². The molecule has 1 N–H and O–H groups in total. The third-order valence-electron chi connectivity index (χ3n) is 3.81. The minimum absolute atomic E-state index is 0.305. The number of nitrogens with one attached hydrogen (secondary N) is 1. The molecular weight excluding hydrogens is 240 g/mol. The summed E-state index contributed by atoms with van der Waals surface area (Å²) in [7, 11) is 0. The Morgan fingerprint density at radius 3 is 2.63 bits per heavy atom. The Morgan fingerprint density at radius 2 is 2.05 bits per heavy atom. The van der Waals surface area contributed by atoms with E-state index in [0.717, 1.165) is 39.5 Å². The van der Waals surface area contributed by atoms with E-state index in [2.05, 4.69) is 37.9 Å². The fourth-order valence-corrected chi connectivity index (χ4v) is 2.35. The minimum atomic E-state index is 0.305. The first-order valence-corrected chi connectivity index (χ1v) is 7.71. The number of hydrogen-bond donors (Lipinski definition) is 1. The van der Waals surface area contributed by atoms with E-state index in [-0.39, 0.29) is 0 Å². The molecule has 1 aliphatic heterocycles. The van der Waals surface area contributed by atoms with E-state index < -0.39 is 0 Å². The van der Waals surface area contributed by atoms with Crippen LogP contribution in [0.3, 0.4) is 0 Å².